The van der Waals surface area contributed by atoms with Crippen LogP contribution in [0.1, 0.15) is 50.7 Å². The van der Waals surface area contributed by atoms with Gasteiger partial charge in [0.2, 0.25) is 5.91 Å². The maximum Gasteiger partial charge on any atom is 0.227 e. The van der Waals surface area contributed by atoms with Crippen molar-refractivity contribution in [2.45, 2.75) is 52.0 Å². The van der Waals surface area contributed by atoms with Crippen molar-refractivity contribution in [1.82, 2.24) is 10.2 Å². The first-order valence-electron chi connectivity index (χ1n) is 8.54. The third kappa shape index (κ3) is 4.57. The molecule has 2 rings (SSSR count). The van der Waals surface area contributed by atoms with E-state index in [2.05, 4.69) is 49.3 Å². The highest BCUT2D eigenvalue weighted by atomic mass is 16.1. The summed E-state index contributed by atoms with van der Waals surface area (Å²) in [5.41, 5.74) is 2.49. The van der Waals surface area contributed by atoms with Gasteiger partial charge in [-0.3, -0.25) is 4.79 Å². The monoisotopic (exact) mass is 302 g/mol. The number of amides is 1. The molecule has 0 bridgehead atoms. The van der Waals surface area contributed by atoms with Crippen molar-refractivity contribution in [2.75, 3.05) is 20.1 Å². The first-order chi connectivity index (χ1) is 10.5. The first-order valence-corrected chi connectivity index (χ1v) is 8.54. The van der Waals surface area contributed by atoms with Crippen LogP contribution in [0.2, 0.25) is 0 Å². The van der Waals surface area contributed by atoms with E-state index in [1.54, 1.807) is 0 Å². The highest BCUT2D eigenvalue weighted by Gasteiger charge is 2.23. The average molecular weight is 302 g/mol. The third-order valence-corrected chi connectivity index (χ3v) is 4.61. The van der Waals surface area contributed by atoms with Crippen LogP contribution in [0, 0.1) is 5.92 Å². The van der Waals surface area contributed by atoms with Crippen molar-refractivity contribution >= 4 is 5.91 Å². The van der Waals surface area contributed by atoms with Gasteiger partial charge in [-0.1, -0.05) is 38.1 Å². The van der Waals surface area contributed by atoms with Crippen LogP contribution in [-0.2, 0) is 11.2 Å². The lowest BCUT2D eigenvalue weighted by molar-refractivity contribution is -0.123. The van der Waals surface area contributed by atoms with Crippen LogP contribution in [0.3, 0.4) is 0 Å². The topological polar surface area (TPSA) is 32.3 Å². The third-order valence-electron chi connectivity index (χ3n) is 4.61. The van der Waals surface area contributed by atoms with E-state index in [9.17, 15) is 4.79 Å². The molecule has 0 aromatic heterocycles. The van der Waals surface area contributed by atoms with Crippen LogP contribution < -0.4 is 5.32 Å². The summed E-state index contributed by atoms with van der Waals surface area (Å²) >= 11 is 0. The summed E-state index contributed by atoms with van der Waals surface area (Å²) in [6.45, 7) is 8.62. The molecule has 1 heterocycles. The molecule has 1 aromatic rings. The van der Waals surface area contributed by atoms with Crippen molar-refractivity contribution in [2.24, 2.45) is 5.92 Å². The number of hydrogen-bond donors (Lipinski definition) is 1. The number of carbonyl (C=O) groups excluding carboxylic acids is 1. The Labute approximate surface area is 135 Å². The Bertz CT molecular complexity index is 490. The summed E-state index contributed by atoms with van der Waals surface area (Å²) in [6.07, 6.45) is 3.15. The molecule has 1 aliphatic rings. The molecular weight excluding hydrogens is 272 g/mol. The van der Waals surface area contributed by atoms with Gasteiger partial charge in [-0.05, 0) is 63.4 Å². The number of rotatable bonds is 5. The highest BCUT2D eigenvalue weighted by Crippen LogP contribution is 2.23. The van der Waals surface area contributed by atoms with Crippen molar-refractivity contribution in [3.8, 4) is 0 Å². The van der Waals surface area contributed by atoms with Crippen molar-refractivity contribution in [1.29, 1.82) is 0 Å². The Morgan fingerprint density at radius 1 is 1.23 bits per heavy atom. The van der Waals surface area contributed by atoms with E-state index < -0.39 is 0 Å². The van der Waals surface area contributed by atoms with E-state index in [0.29, 0.717) is 12.0 Å². The minimum absolute atomic E-state index is 0.0744. The van der Waals surface area contributed by atoms with Crippen LogP contribution >= 0.6 is 0 Å². The van der Waals surface area contributed by atoms with Crippen molar-refractivity contribution in [3.63, 3.8) is 0 Å². The molecule has 1 amide bonds. The predicted molar refractivity (Wildman–Crippen MR) is 92.1 cm³/mol. The summed E-state index contributed by atoms with van der Waals surface area (Å²) in [5.74, 6) is 0.700. The van der Waals surface area contributed by atoms with E-state index in [1.165, 1.54) is 11.1 Å². The van der Waals surface area contributed by atoms with Crippen LogP contribution in [-0.4, -0.2) is 37.0 Å². The lowest BCUT2D eigenvalue weighted by Crippen LogP contribution is -2.44. The van der Waals surface area contributed by atoms with Crippen LogP contribution in [0.4, 0.5) is 0 Å². The number of carbonyl (C=O) groups is 1. The van der Waals surface area contributed by atoms with Gasteiger partial charge in [0.05, 0.1) is 5.92 Å². The second-order valence-corrected chi connectivity index (χ2v) is 7.10. The second-order valence-electron chi connectivity index (χ2n) is 7.10. The van der Waals surface area contributed by atoms with E-state index in [1.807, 2.05) is 13.0 Å². The molecule has 22 heavy (non-hydrogen) atoms. The zero-order chi connectivity index (χ0) is 16.1. The molecular formula is C19H30N2O. The Kier molecular flexibility index (Phi) is 6.01. The fraction of sp³-hybridized carbons (Fsp3) is 0.632. The largest absolute Gasteiger partial charge is 0.353 e. The summed E-state index contributed by atoms with van der Waals surface area (Å²) < 4.78 is 0. The molecule has 1 N–H and O–H groups in total. The molecule has 1 atom stereocenters. The summed E-state index contributed by atoms with van der Waals surface area (Å²) in [4.78, 5) is 14.9. The average Bonchev–Trinajstić information content (AvgIpc) is 2.49. The number of benzene rings is 1. The Morgan fingerprint density at radius 3 is 2.50 bits per heavy atom. The Morgan fingerprint density at radius 2 is 1.86 bits per heavy atom. The molecule has 0 spiro atoms. The number of nitrogens with zero attached hydrogens (tertiary/aromatic N) is 1. The van der Waals surface area contributed by atoms with Crippen molar-refractivity contribution < 1.29 is 4.79 Å². The summed E-state index contributed by atoms with van der Waals surface area (Å²) in [5, 5.41) is 3.25. The van der Waals surface area contributed by atoms with Crippen molar-refractivity contribution in [3.05, 3.63) is 35.4 Å². The van der Waals surface area contributed by atoms with Gasteiger partial charge in [0.1, 0.15) is 0 Å². The molecule has 3 heteroatoms. The SMILES string of the molecule is CC(C)Cc1ccccc1C(C)C(=O)NC1CCN(C)CC1. The number of piperidine rings is 1. The molecule has 1 aliphatic heterocycles. The lowest BCUT2D eigenvalue weighted by Gasteiger charge is -2.30. The van der Waals surface area contributed by atoms with Crippen LogP contribution in [0.25, 0.3) is 0 Å². The molecule has 0 saturated carbocycles. The fourth-order valence-corrected chi connectivity index (χ4v) is 3.20. The van der Waals surface area contributed by atoms with E-state index in [-0.39, 0.29) is 11.8 Å². The normalized spacial score (nSPS) is 18.4. The quantitative estimate of drug-likeness (QED) is 0.906. The zero-order valence-electron chi connectivity index (χ0n) is 14.4. The van der Waals surface area contributed by atoms with Gasteiger partial charge in [0.25, 0.3) is 0 Å². The molecule has 1 aromatic carbocycles. The van der Waals surface area contributed by atoms with E-state index in [4.69, 9.17) is 0 Å². The number of likely N-dealkylation sites (tertiary alicyclic amines) is 1. The van der Waals surface area contributed by atoms with Gasteiger partial charge in [0, 0.05) is 6.04 Å². The second kappa shape index (κ2) is 7.77. The lowest BCUT2D eigenvalue weighted by atomic mass is 9.90. The minimum atomic E-state index is -0.0744. The zero-order valence-corrected chi connectivity index (χ0v) is 14.4. The van der Waals surface area contributed by atoms with Crippen LogP contribution in [0.15, 0.2) is 24.3 Å². The molecule has 1 fully saturated rings. The van der Waals surface area contributed by atoms with Gasteiger partial charge < -0.3 is 10.2 Å². The highest BCUT2D eigenvalue weighted by molar-refractivity contribution is 5.83. The Hall–Kier alpha value is -1.35. The first kappa shape index (κ1) is 17.0. The van der Waals surface area contributed by atoms with Gasteiger partial charge in [-0.25, -0.2) is 0 Å². The van der Waals surface area contributed by atoms with Crippen LogP contribution in [0.5, 0.6) is 0 Å². The predicted octanol–water partition coefficient (Wildman–Crippen LogP) is 3.20. The van der Waals surface area contributed by atoms with Gasteiger partial charge in [0.15, 0.2) is 0 Å². The molecule has 1 unspecified atom stereocenters. The molecule has 0 aliphatic carbocycles. The smallest absolute Gasteiger partial charge is 0.227 e. The van der Waals surface area contributed by atoms with E-state index in [0.717, 1.165) is 32.4 Å². The molecule has 0 radical (unpaired) electrons. The number of nitrogens with one attached hydrogen (secondary N) is 1. The van der Waals surface area contributed by atoms with Gasteiger partial charge in [-0.15, -0.1) is 0 Å². The van der Waals surface area contributed by atoms with Gasteiger partial charge in [-0.2, -0.15) is 0 Å². The molecule has 3 nitrogen and oxygen atoms in total. The summed E-state index contributed by atoms with van der Waals surface area (Å²) in [6, 6.07) is 8.72. The number of hydrogen-bond acceptors (Lipinski definition) is 2. The van der Waals surface area contributed by atoms with Gasteiger partial charge >= 0.3 is 0 Å². The molecule has 1 saturated heterocycles. The summed E-state index contributed by atoms with van der Waals surface area (Å²) in [7, 11) is 2.14. The minimum Gasteiger partial charge on any atom is -0.353 e. The maximum atomic E-state index is 12.6. The fourth-order valence-electron chi connectivity index (χ4n) is 3.20. The standard InChI is InChI=1S/C19H30N2O/c1-14(2)13-16-7-5-6-8-18(16)15(3)19(22)20-17-9-11-21(4)12-10-17/h5-8,14-15,17H,9-13H2,1-4H3,(H,20,22). The maximum absolute atomic E-state index is 12.6. The Balaban J connectivity index is 2.01. The van der Waals surface area contributed by atoms with E-state index >= 15 is 0 Å². The molecule has 122 valence electrons.